The van der Waals surface area contributed by atoms with E-state index >= 15 is 0 Å². The summed E-state index contributed by atoms with van der Waals surface area (Å²) >= 11 is 0. The molecule has 0 spiro atoms. The van der Waals surface area contributed by atoms with Crippen molar-refractivity contribution in [3.8, 4) is 11.3 Å². The van der Waals surface area contributed by atoms with Crippen LogP contribution in [0.15, 0.2) is 36.7 Å². The van der Waals surface area contributed by atoms with Gasteiger partial charge in [0.15, 0.2) is 11.4 Å². The van der Waals surface area contributed by atoms with Crippen LogP contribution in [0.2, 0.25) is 0 Å². The molecule has 7 nitrogen and oxygen atoms in total. The minimum atomic E-state index is -0.501. The first-order chi connectivity index (χ1) is 14.7. The molecule has 3 aromatic rings. The van der Waals surface area contributed by atoms with Crippen molar-refractivity contribution in [2.75, 3.05) is 25.0 Å². The second-order valence-corrected chi connectivity index (χ2v) is 9.43. The normalized spacial score (nSPS) is 20.2. The molecule has 0 bridgehead atoms. The van der Waals surface area contributed by atoms with Crippen LogP contribution in [0.3, 0.4) is 0 Å². The van der Waals surface area contributed by atoms with E-state index in [1.165, 1.54) is 0 Å². The maximum absolute atomic E-state index is 12.8. The monoisotopic (exact) mass is 419 g/mol. The van der Waals surface area contributed by atoms with Crippen molar-refractivity contribution in [2.45, 2.75) is 39.8 Å². The van der Waals surface area contributed by atoms with E-state index in [9.17, 15) is 9.59 Å². The molecule has 1 aliphatic heterocycles. The topological polar surface area (TPSA) is 82.2 Å². The number of carbonyl (C=O) groups excluding carboxylic acids is 2. The molecule has 0 radical (unpaired) electrons. The Bertz CT molecular complexity index is 1130. The van der Waals surface area contributed by atoms with Gasteiger partial charge in [0.2, 0.25) is 0 Å². The summed E-state index contributed by atoms with van der Waals surface area (Å²) in [5, 5.41) is 0. The van der Waals surface area contributed by atoms with Gasteiger partial charge in [0.1, 0.15) is 11.8 Å². The van der Waals surface area contributed by atoms with Crippen molar-refractivity contribution in [1.82, 2.24) is 19.9 Å². The van der Waals surface area contributed by atoms with Crippen molar-refractivity contribution in [3.63, 3.8) is 0 Å². The van der Waals surface area contributed by atoms with E-state index in [4.69, 9.17) is 4.98 Å². The van der Waals surface area contributed by atoms with E-state index in [1.807, 2.05) is 40.0 Å². The van der Waals surface area contributed by atoms with E-state index in [0.29, 0.717) is 29.0 Å². The quantitative estimate of drug-likeness (QED) is 0.514. The number of nitrogens with one attached hydrogen (secondary N) is 1. The van der Waals surface area contributed by atoms with E-state index < -0.39 is 5.41 Å². The maximum Gasteiger partial charge on any atom is 0.171 e. The molecule has 2 unspecified atom stereocenters. The molecule has 7 heteroatoms. The molecule has 3 heterocycles. The van der Waals surface area contributed by atoms with Crippen LogP contribution in [0.4, 0.5) is 5.69 Å². The van der Waals surface area contributed by atoms with Crippen LogP contribution in [-0.4, -0.2) is 64.1 Å². The number of anilines is 1. The van der Waals surface area contributed by atoms with Gasteiger partial charge in [0, 0.05) is 42.0 Å². The number of piperazine rings is 1. The van der Waals surface area contributed by atoms with Crippen LogP contribution in [0.1, 0.15) is 38.1 Å². The second kappa shape index (κ2) is 7.89. The van der Waals surface area contributed by atoms with Gasteiger partial charge < -0.3 is 14.7 Å². The number of nitrogens with zero attached hydrogens (tertiary/aromatic N) is 4. The summed E-state index contributed by atoms with van der Waals surface area (Å²) < 4.78 is 0. The Morgan fingerprint density at radius 2 is 2.03 bits per heavy atom. The zero-order valence-corrected chi connectivity index (χ0v) is 18.7. The van der Waals surface area contributed by atoms with Gasteiger partial charge in [0.05, 0.1) is 23.5 Å². The molecule has 1 N–H and O–H groups in total. The third-order valence-electron chi connectivity index (χ3n) is 5.97. The maximum atomic E-state index is 12.8. The number of aromatic nitrogens is 3. The minimum Gasteiger partial charge on any atom is -0.365 e. The first-order valence-corrected chi connectivity index (χ1v) is 10.6. The lowest BCUT2D eigenvalue weighted by Gasteiger charge is -2.43. The standard InChI is InChI=1S/C24H29N5O2/c1-15-12-28(5)18(14-30)13-29(15)17-8-6-7-16(9-17)20-11-26-23-21(27-20)19(10-25-23)22(31)24(2,3)4/h6-11,14-15,18H,12-13H2,1-5H3,(H,25,26). The van der Waals surface area contributed by atoms with Crippen LogP contribution in [-0.2, 0) is 4.79 Å². The predicted molar refractivity (Wildman–Crippen MR) is 122 cm³/mol. The molecule has 4 rings (SSSR count). The SMILES string of the molecule is CC1CN(C)C(C=O)CN1c1cccc(-c2cnc3[nH]cc(C(=O)C(C)(C)C)c3n2)c1. The number of hydrogen-bond acceptors (Lipinski definition) is 6. The second-order valence-electron chi connectivity index (χ2n) is 9.43. The molecular weight excluding hydrogens is 390 g/mol. The largest absolute Gasteiger partial charge is 0.365 e. The highest BCUT2D eigenvalue weighted by Gasteiger charge is 2.29. The van der Waals surface area contributed by atoms with Crippen molar-refractivity contribution in [1.29, 1.82) is 0 Å². The molecule has 1 aliphatic rings. The van der Waals surface area contributed by atoms with Gasteiger partial charge in [-0.3, -0.25) is 9.69 Å². The highest BCUT2D eigenvalue weighted by Crippen LogP contribution is 2.29. The molecule has 0 aliphatic carbocycles. The summed E-state index contributed by atoms with van der Waals surface area (Å²) in [7, 11) is 1.99. The van der Waals surface area contributed by atoms with E-state index in [0.717, 1.165) is 24.1 Å². The molecule has 1 saturated heterocycles. The number of fused-ring (bicyclic) bond motifs is 1. The van der Waals surface area contributed by atoms with Crippen molar-refractivity contribution >= 4 is 28.9 Å². The average Bonchev–Trinajstić information content (AvgIpc) is 3.15. The predicted octanol–water partition coefficient (Wildman–Crippen LogP) is 3.56. The van der Waals surface area contributed by atoms with Crippen molar-refractivity contribution < 1.29 is 9.59 Å². The lowest BCUT2D eigenvalue weighted by atomic mass is 9.87. The first-order valence-electron chi connectivity index (χ1n) is 10.6. The summed E-state index contributed by atoms with van der Waals surface area (Å²) in [5.74, 6) is 0.0325. The lowest BCUT2D eigenvalue weighted by Crippen LogP contribution is -2.56. The molecule has 0 saturated carbocycles. The molecule has 2 aromatic heterocycles. The number of aldehydes is 1. The summed E-state index contributed by atoms with van der Waals surface area (Å²) in [4.78, 5) is 41.0. The fourth-order valence-electron chi connectivity index (χ4n) is 4.13. The van der Waals surface area contributed by atoms with Crippen LogP contribution in [0, 0.1) is 5.41 Å². The van der Waals surface area contributed by atoms with Gasteiger partial charge >= 0.3 is 0 Å². The van der Waals surface area contributed by atoms with Crippen molar-refractivity contribution in [3.05, 3.63) is 42.2 Å². The summed E-state index contributed by atoms with van der Waals surface area (Å²) in [6, 6.07) is 8.29. The van der Waals surface area contributed by atoms with Gasteiger partial charge in [0.25, 0.3) is 0 Å². The number of Topliss-reactive ketones (excluding diaryl/α,β-unsaturated/α-hetero) is 1. The Hall–Kier alpha value is -3.06. The Morgan fingerprint density at radius 1 is 1.26 bits per heavy atom. The zero-order chi connectivity index (χ0) is 22.3. The number of benzene rings is 1. The van der Waals surface area contributed by atoms with Gasteiger partial charge in [-0.1, -0.05) is 32.9 Å². The number of hydrogen-bond donors (Lipinski definition) is 1. The number of carbonyl (C=O) groups is 2. The van der Waals surface area contributed by atoms with Crippen LogP contribution in [0.25, 0.3) is 22.4 Å². The fraction of sp³-hybridized carbons (Fsp3) is 0.417. The third kappa shape index (κ3) is 3.97. The number of rotatable bonds is 4. The van der Waals surface area contributed by atoms with Crippen molar-refractivity contribution in [2.24, 2.45) is 5.41 Å². The van der Waals surface area contributed by atoms with Crippen LogP contribution >= 0.6 is 0 Å². The number of likely N-dealkylation sites (N-methyl/N-ethyl adjacent to an activating group) is 1. The lowest BCUT2D eigenvalue weighted by molar-refractivity contribution is -0.112. The van der Waals surface area contributed by atoms with Gasteiger partial charge in [-0.2, -0.15) is 0 Å². The Morgan fingerprint density at radius 3 is 2.74 bits per heavy atom. The van der Waals surface area contributed by atoms with Gasteiger partial charge in [-0.25, -0.2) is 9.97 Å². The minimum absolute atomic E-state index is 0.0325. The Labute approximate surface area is 182 Å². The fourth-order valence-corrected chi connectivity index (χ4v) is 4.13. The highest BCUT2D eigenvalue weighted by atomic mass is 16.1. The summed E-state index contributed by atoms with van der Waals surface area (Å²) in [6.45, 7) is 9.34. The average molecular weight is 420 g/mol. The zero-order valence-electron chi connectivity index (χ0n) is 18.7. The number of ketones is 1. The van der Waals surface area contributed by atoms with E-state index in [1.54, 1.807) is 12.4 Å². The van der Waals surface area contributed by atoms with Crippen LogP contribution in [0.5, 0.6) is 0 Å². The third-order valence-corrected chi connectivity index (χ3v) is 5.97. The van der Waals surface area contributed by atoms with E-state index in [2.05, 4.69) is 38.8 Å². The van der Waals surface area contributed by atoms with Crippen LogP contribution < -0.4 is 4.90 Å². The molecule has 2 atom stereocenters. The smallest absolute Gasteiger partial charge is 0.171 e. The summed E-state index contributed by atoms with van der Waals surface area (Å²) in [5.41, 5.74) is 3.95. The molecule has 1 aromatic carbocycles. The van der Waals surface area contributed by atoms with Gasteiger partial charge in [-0.15, -0.1) is 0 Å². The summed E-state index contributed by atoms with van der Waals surface area (Å²) in [6.07, 6.45) is 4.44. The van der Waals surface area contributed by atoms with Gasteiger partial charge in [-0.05, 0) is 26.1 Å². The highest BCUT2D eigenvalue weighted by molar-refractivity contribution is 6.08. The number of H-pyrrole nitrogens is 1. The Balaban J connectivity index is 1.71. The Kier molecular flexibility index (Phi) is 5.39. The molecule has 1 fully saturated rings. The number of aromatic amines is 1. The molecule has 0 amide bonds. The molecule has 31 heavy (non-hydrogen) atoms. The molecular formula is C24H29N5O2. The van der Waals surface area contributed by atoms with E-state index in [-0.39, 0.29) is 17.9 Å². The molecule has 162 valence electrons. The first kappa shape index (κ1) is 21.2.